The third kappa shape index (κ3) is 2.50. The molecule has 0 fully saturated rings. The van der Waals surface area contributed by atoms with Gasteiger partial charge in [0.1, 0.15) is 11.0 Å². The molecule has 3 heterocycles. The fraction of sp³-hybridized carbons (Fsp3) is 0. The van der Waals surface area contributed by atoms with Crippen molar-refractivity contribution in [2.24, 2.45) is 0 Å². The molecule has 0 amide bonds. The number of nitrogens with zero attached hydrogens (tertiary/aromatic N) is 5. The highest BCUT2D eigenvalue weighted by Crippen LogP contribution is 2.35. The van der Waals surface area contributed by atoms with Gasteiger partial charge < -0.3 is 0 Å². The van der Waals surface area contributed by atoms with Gasteiger partial charge in [-0.3, -0.25) is 4.57 Å². The largest absolute Gasteiger partial charge is 0.278 e. The second-order valence-electron chi connectivity index (χ2n) is 7.73. The maximum atomic E-state index is 5.10. The summed E-state index contributed by atoms with van der Waals surface area (Å²) in [4.78, 5) is 10.1. The number of fused-ring (bicyclic) bond motifs is 5. The van der Waals surface area contributed by atoms with Crippen LogP contribution in [-0.4, -0.2) is 23.3 Å². The lowest BCUT2D eigenvalue weighted by atomic mass is 10.1. The van der Waals surface area contributed by atoms with Crippen molar-refractivity contribution in [3.63, 3.8) is 0 Å². The van der Waals surface area contributed by atoms with Gasteiger partial charge in [0.05, 0.1) is 34.0 Å². The van der Waals surface area contributed by atoms with Crippen LogP contribution in [0.15, 0.2) is 91.0 Å². The van der Waals surface area contributed by atoms with Crippen molar-refractivity contribution < 1.29 is 0 Å². The lowest BCUT2D eigenvalue weighted by Gasteiger charge is -2.11. The summed E-state index contributed by atoms with van der Waals surface area (Å²) in [5, 5.41) is 3.31. The van der Waals surface area contributed by atoms with E-state index in [9.17, 15) is 0 Å². The molecular formula is C26H15N5S. The van der Waals surface area contributed by atoms with E-state index in [1.807, 2.05) is 36.4 Å². The summed E-state index contributed by atoms with van der Waals surface area (Å²) in [5.41, 5.74) is 6.80. The van der Waals surface area contributed by atoms with E-state index in [4.69, 9.17) is 9.97 Å². The summed E-state index contributed by atoms with van der Waals surface area (Å²) >= 11 is 1.24. The second kappa shape index (κ2) is 6.67. The van der Waals surface area contributed by atoms with E-state index in [0.29, 0.717) is 5.95 Å². The Morgan fingerprint density at radius 3 is 2.16 bits per heavy atom. The molecule has 0 unspecified atom stereocenters. The van der Waals surface area contributed by atoms with Crippen LogP contribution in [0.4, 0.5) is 0 Å². The number of hydrogen-bond acceptors (Lipinski definition) is 5. The first-order valence-electron chi connectivity index (χ1n) is 10.3. The maximum Gasteiger partial charge on any atom is 0.235 e. The topological polar surface area (TPSA) is 56.5 Å². The zero-order chi connectivity index (χ0) is 21.1. The quantitative estimate of drug-likeness (QED) is 0.319. The Balaban J connectivity index is 1.64. The summed E-state index contributed by atoms with van der Waals surface area (Å²) in [6, 6.07) is 31.0. The first-order valence-corrected chi connectivity index (χ1v) is 11.1. The van der Waals surface area contributed by atoms with Crippen LogP contribution in [0.1, 0.15) is 0 Å². The predicted molar refractivity (Wildman–Crippen MR) is 130 cm³/mol. The third-order valence-corrected chi connectivity index (χ3v) is 6.44. The van der Waals surface area contributed by atoms with Crippen LogP contribution in [0.3, 0.4) is 0 Å². The Kier molecular flexibility index (Phi) is 3.65. The molecule has 4 aromatic carbocycles. The lowest BCUT2D eigenvalue weighted by molar-refractivity contribution is 1.01. The highest BCUT2D eigenvalue weighted by atomic mass is 32.1. The van der Waals surface area contributed by atoms with E-state index in [2.05, 4.69) is 67.9 Å². The fourth-order valence-electron chi connectivity index (χ4n) is 4.44. The normalized spacial score (nSPS) is 11.8. The molecular weight excluding hydrogens is 414 g/mol. The molecule has 0 saturated heterocycles. The SMILES string of the molecule is c1ccc(-c2nc(-n3c4ccccc4c4cc5nsnc5cc43)nc3ccccc23)cc1. The Bertz CT molecular complexity index is 1780. The highest BCUT2D eigenvalue weighted by Gasteiger charge is 2.18. The van der Waals surface area contributed by atoms with Gasteiger partial charge in [0, 0.05) is 21.7 Å². The van der Waals surface area contributed by atoms with Crippen LogP contribution in [0.5, 0.6) is 0 Å². The molecule has 6 heteroatoms. The molecule has 0 aliphatic rings. The van der Waals surface area contributed by atoms with Crippen LogP contribution in [0.25, 0.3) is 60.9 Å². The Hall–Kier alpha value is -4.16. The molecule has 32 heavy (non-hydrogen) atoms. The maximum absolute atomic E-state index is 5.10. The number of hydrogen-bond donors (Lipinski definition) is 0. The minimum absolute atomic E-state index is 0.649. The molecule has 0 atom stereocenters. The molecule has 0 aliphatic heterocycles. The van der Waals surface area contributed by atoms with E-state index in [0.717, 1.165) is 55.0 Å². The van der Waals surface area contributed by atoms with Gasteiger partial charge in [0.2, 0.25) is 5.95 Å². The summed E-state index contributed by atoms with van der Waals surface area (Å²) in [7, 11) is 0. The van der Waals surface area contributed by atoms with Crippen molar-refractivity contribution in [2.75, 3.05) is 0 Å². The van der Waals surface area contributed by atoms with Gasteiger partial charge >= 0.3 is 0 Å². The van der Waals surface area contributed by atoms with Crippen LogP contribution in [0.2, 0.25) is 0 Å². The lowest BCUT2D eigenvalue weighted by Crippen LogP contribution is -2.03. The Labute approximate surface area is 186 Å². The zero-order valence-corrected chi connectivity index (χ0v) is 17.6. The molecule has 0 N–H and O–H groups in total. The average molecular weight is 430 g/mol. The van der Waals surface area contributed by atoms with E-state index >= 15 is 0 Å². The molecule has 0 saturated carbocycles. The molecule has 0 radical (unpaired) electrons. The Morgan fingerprint density at radius 2 is 1.28 bits per heavy atom. The fourth-order valence-corrected chi connectivity index (χ4v) is 4.95. The van der Waals surface area contributed by atoms with E-state index in [-0.39, 0.29) is 0 Å². The van der Waals surface area contributed by atoms with Gasteiger partial charge in [0.15, 0.2) is 0 Å². The second-order valence-corrected chi connectivity index (χ2v) is 8.26. The third-order valence-electron chi connectivity index (χ3n) is 5.89. The van der Waals surface area contributed by atoms with E-state index in [1.165, 1.54) is 11.7 Å². The average Bonchev–Trinajstić information content (AvgIpc) is 3.44. The van der Waals surface area contributed by atoms with Gasteiger partial charge in [-0.25, -0.2) is 9.97 Å². The van der Waals surface area contributed by atoms with E-state index in [1.54, 1.807) is 0 Å². The van der Waals surface area contributed by atoms with Crippen molar-refractivity contribution in [3.8, 4) is 17.2 Å². The van der Waals surface area contributed by atoms with Crippen LogP contribution < -0.4 is 0 Å². The van der Waals surface area contributed by atoms with E-state index < -0.39 is 0 Å². The number of aromatic nitrogens is 5. The van der Waals surface area contributed by atoms with Gasteiger partial charge in [-0.05, 0) is 24.3 Å². The zero-order valence-electron chi connectivity index (χ0n) is 16.8. The van der Waals surface area contributed by atoms with Crippen LogP contribution >= 0.6 is 11.7 Å². The molecule has 0 aliphatic carbocycles. The van der Waals surface area contributed by atoms with Gasteiger partial charge in [-0.15, -0.1) is 0 Å². The van der Waals surface area contributed by atoms with Crippen molar-refractivity contribution in [2.45, 2.75) is 0 Å². The smallest absolute Gasteiger partial charge is 0.235 e. The summed E-state index contributed by atoms with van der Waals surface area (Å²) in [6.07, 6.45) is 0. The van der Waals surface area contributed by atoms with Crippen molar-refractivity contribution >= 4 is 55.5 Å². The van der Waals surface area contributed by atoms with Crippen LogP contribution in [-0.2, 0) is 0 Å². The molecule has 0 spiro atoms. The summed E-state index contributed by atoms with van der Waals surface area (Å²) < 4.78 is 11.0. The Morgan fingerprint density at radius 1 is 0.562 bits per heavy atom. The predicted octanol–water partition coefficient (Wildman–Crippen LogP) is 6.40. The van der Waals surface area contributed by atoms with Gasteiger partial charge in [0.25, 0.3) is 0 Å². The standard InChI is InChI=1S/C26H15N5S/c1-2-8-16(9-3-1)25-18-11-4-6-12-20(18)27-26(28-25)31-23-13-7-5-10-17(23)19-14-21-22(15-24(19)31)30-32-29-21/h1-15H. The molecule has 7 aromatic rings. The van der Waals surface area contributed by atoms with Crippen molar-refractivity contribution in [1.29, 1.82) is 0 Å². The van der Waals surface area contributed by atoms with Crippen molar-refractivity contribution in [1.82, 2.24) is 23.3 Å². The van der Waals surface area contributed by atoms with Gasteiger partial charge in [-0.1, -0.05) is 66.7 Å². The molecule has 0 bridgehead atoms. The number of para-hydroxylation sites is 2. The number of rotatable bonds is 2. The first kappa shape index (κ1) is 17.5. The van der Waals surface area contributed by atoms with Gasteiger partial charge in [-0.2, -0.15) is 8.75 Å². The molecule has 150 valence electrons. The monoisotopic (exact) mass is 429 g/mol. The number of benzene rings is 4. The van der Waals surface area contributed by atoms with Crippen LogP contribution in [0, 0.1) is 0 Å². The highest BCUT2D eigenvalue weighted by molar-refractivity contribution is 7.00. The first-order chi connectivity index (χ1) is 15.9. The summed E-state index contributed by atoms with van der Waals surface area (Å²) in [6.45, 7) is 0. The molecule has 5 nitrogen and oxygen atoms in total. The summed E-state index contributed by atoms with van der Waals surface area (Å²) in [5.74, 6) is 0.649. The molecule has 7 rings (SSSR count). The minimum atomic E-state index is 0.649. The minimum Gasteiger partial charge on any atom is -0.278 e. The molecule has 3 aromatic heterocycles. The van der Waals surface area contributed by atoms with Crippen molar-refractivity contribution in [3.05, 3.63) is 91.0 Å².